The standard InChI is InChI=1S/C8H9F5/c1-6(2)7(3,11)4(9)5(10)8(6,12)13/h1-3H3. The third-order valence-electron chi connectivity index (χ3n) is 2.84. The highest BCUT2D eigenvalue weighted by Crippen LogP contribution is 2.60. The third-order valence-corrected chi connectivity index (χ3v) is 2.84. The van der Waals surface area contributed by atoms with E-state index in [0.717, 1.165) is 13.8 Å². The highest BCUT2D eigenvalue weighted by atomic mass is 19.3. The molecule has 0 amide bonds. The minimum atomic E-state index is -4.08. The Morgan fingerprint density at radius 3 is 1.31 bits per heavy atom. The fraction of sp³-hybridized carbons (Fsp3) is 0.750. The van der Waals surface area contributed by atoms with Gasteiger partial charge in [-0.25, -0.2) is 13.2 Å². The SMILES string of the molecule is CC1(F)C(F)=C(F)C(F)(F)C1(C)C. The summed E-state index contributed by atoms with van der Waals surface area (Å²) in [6.07, 6.45) is 0. The van der Waals surface area contributed by atoms with Crippen LogP contribution in [0.1, 0.15) is 20.8 Å². The third kappa shape index (κ3) is 0.901. The van der Waals surface area contributed by atoms with Crippen LogP contribution in [0.25, 0.3) is 0 Å². The van der Waals surface area contributed by atoms with Gasteiger partial charge in [-0.1, -0.05) is 13.8 Å². The molecule has 1 unspecified atom stereocenters. The quantitative estimate of drug-likeness (QED) is 0.524. The molecular weight excluding hydrogens is 191 g/mol. The van der Waals surface area contributed by atoms with Gasteiger partial charge in [0.1, 0.15) is 0 Å². The minimum Gasteiger partial charge on any atom is -0.235 e. The van der Waals surface area contributed by atoms with Crippen molar-refractivity contribution in [3.05, 3.63) is 11.7 Å². The predicted molar refractivity (Wildman–Crippen MR) is 37.5 cm³/mol. The van der Waals surface area contributed by atoms with Crippen LogP contribution in [-0.4, -0.2) is 11.6 Å². The van der Waals surface area contributed by atoms with Crippen molar-refractivity contribution in [1.29, 1.82) is 0 Å². The second-order valence-corrected chi connectivity index (χ2v) is 3.83. The molecule has 5 heteroatoms. The lowest BCUT2D eigenvalue weighted by Crippen LogP contribution is -2.45. The van der Waals surface area contributed by atoms with E-state index in [1.807, 2.05) is 0 Å². The predicted octanol–water partition coefficient (Wildman–Crippen LogP) is 3.54. The van der Waals surface area contributed by atoms with Crippen LogP contribution >= 0.6 is 0 Å². The highest BCUT2D eigenvalue weighted by Gasteiger charge is 2.70. The molecule has 0 bridgehead atoms. The van der Waals surface area contributed by atoms with Gasteiger partial charge in [0.25, 0.3) is 0 Å². The van der Waals surface area contributed by atoms with Crippen LogP contribution in [0.2, 0.25) is 0 Å². The zero-order chi connectivity index (χ0) is 10.7. The van der Waals surface area contributed by atoms with Gasteiger partial charge < -0.3 is 0 Å². The van der Waals surface area contributed by atoms with Crippen LogP contribution in [0.15, 0.2) is 11.7 Å². The highest BCUT2D eigenvalue weighted by molar-refractivity contribution is 5.33. The molecule has 0 saturated heterocycles. The molecule has 0 aromatic rings. The average Bonchev–Trinajstić information content (AvgIpc) is 2.05. The van der Waals surface area contributed by atoms with E-state index in [1.54, 1.807) is 0 Å². The van der Waals surface area contributed by atoms with Crippen molar-refractivity contribution in [2.75, 3.05) is 0 Å². The number of hydrogen-bond donors (Lipinski definition) is 0. The van der Waals surface area contributed by atoms with E-state index in [-0.39, 0.29) is 0 Å². The molecule has 0 aromatic carbocycles. The maximum absolute atomic E-state index is 13.4. The first-order valence-electron chi connectivity index (χ1n) is 3.69. The van der Waals surface area contributed by atoms with Crippen molar-refractivity contribution in [3.8, 4) is 0 Å². The molecule has 0 fully saturated rings. The zero-order valence-corrected chi connectivity index (χ0v) is 7.39. The fourth-order valence-corrected chi connectivity index (χ4v) is 1.19. The van der Waals surface area contributed by atoms with E-state index >= 15 is 0 Å². The summed E-state index contributed by atoms with van der Waals surface area (Å²) >= 11 is 0. The summed E-state index contributed by atoms with van der Waals surface area (Å²) in [6, 6.07) is 0. The van der Waals surface area contributed by atoms with Crippen LogP contribution < -0.4 is 0 Å². The van der Waals surface area contributed by atoms with E-state index < -0.39 is 28.7 Å². The average molecular weight is 200 g/mol. The van der Waals surface area contributed by atoms with Crippen LogP contribution in [-0.2, 0) is 0 Å². The number of halogens is 5. The summed E-state index contributed by atoms with van der Waals surface area (Å²) in [5, 5.41) is 0. The van der Waals surface area contributed by atoms with E-state index in [2.05, 4.69) is 0 Å². The Bertz CT molecular complexity index is 248. The lowest BCUT2D eigenvalue weighted by Gasteiger charge is -2.34. The summed E-state index contributed by atoms with van der Waals surface area (Å²) < 4.78 is 64.6. The second-order valence-electron chi connectivity index (χ2n) is 3.83. The van der Waals surface area contributed by atoms with Gasteiger partial charge in [0.05, 0.1) is 5.41 Å². The molecule has 13 heavy (non-hydrogen) atoms. The van der Waals surface area contributed by atoms with Gasteiger partial charge in [-0.3, -0.25) is 0 Å². The maximum atomic E-state index is 13.4. The molecule has 1 aliphatic rings. The Hall–Kier alpha value is -0.610. The summed E-state index contributed by atoms with van der Waals surface area (Å²) in [7, 11) is 0. The summed E-state index contributed by atoms with van der Waals surface area (Å²) in [4.78, 5) is 0. The molecule has 0 aromatic heterocycles. The van der Waals surface area contributed by atoms with Crippen LogP contribution in [0.4, 0.5) is 22.0 Å². The Balaban J connectivity index is 3.39. The zero-order valence-electron chi connectivity index (χ0n) is 7.39. The van der Waals surface area contributed by atoms with Gasteiger partial charge in [0, 0.05) is 0 Å². The van der Waals surface area contributed by atoms with Gasteiger partial charge in [-0.2, -0.15) is 8.78 Å². The van der Waals surface area contributed by atoms with Crippen molar-refractivity contribution >= 4 is 0 Å². The van der Waals surface area contributed by atoms with Gasteiger partial charge in [0.2, 0.25) is 5.83 Å². The van der Waals surface area contributed by atoms with Gasteiger partial charge in [0.15, 0.2) is 11.5 Å². The molecule has 0 nitrogen and oxygen atoms in total. The molecule has 0 saturated carbocycles. The van der Waals surface area contributed by atoms with E-state index in [1.165, 1.54) is 0 Å². The Morgan fingerprint density at radius 1 is 0.846 bits per heavy atom. The van der Waals surface area contributed by atoms with Crippen molar-refractivity contribution in [2.24, 2.45) is 5.41 Å². The molecule has 1 rings (SSSR count). The lowest BCUT2D eigenvalue weighted by molar-refractivity contribution is -0.122. The molecule has 1 aliphatic carbocycles. The molecule has 76 valence electrons. The second kappa shape index (κ2) is 2.25. The van der Waals surface area contributed by atoms with Crippen molar-refractivity contribution in [1.82, 2.24) is 0 Å². The van der Waals surface area contributed by atoms with Crippen molar-refractivity contribution < 1.29 is 22.0 Å². The van der Waals surface area contributed by atoms with Crippen molar-refractivity contribution in [3.63, 3.8) is 0 Å². The Labute approximate surface area is 72.4 Å². The van der Waals surface area contributed by atoms with Crippen LogP contribution in [0.5, 0.6) is 0 Å². The monoisotopic (exact) mass is 200 g/mol. The first-order chi connectivity index (χ1) is 5.57. The number of rotatable bonds is 0. The summed E-state index contributed by atoms with van der Waals surface area (Å²) in [6.45, 7) is 2.20. The van der Waals surface area contributed by atoms with E-state index in [9.17, 15) is 22.0 Å². The first kappa shape index (κ1) is 10.5. The molecular formula is C8H9F5. The summed E-state index contributed by atoms with van der Waals surface area (Å²) in [5.41, 5.74) is -5.35. The fourth-order valence-electron chi connectivity index (χ4n) is 1.19. The molecule has 0 N–H and O–H groups in total. The lowest BCUT2D eigenvalue weighted by atomic mass is 9.77. The van der Waals surface area contributed by atoms with Crippen molar-refractivity contribution in [2.45, 2.75) is 32.4 Å². The number of hydrogen-bond acceptors (Lipinski definition) is 0. The number of alkyl halides is 3. The van der Waals surface area contributed by atoms with Gasteiger partial charge in [-0.05, 0) is 6.92 Å². The topological polar surface area (TPSA) is 0 Å². The molecule has 0 spiro atoms. The van der Waals surface area contributed by atoms with Gasteiger partial charge in [-0.15, -0.1) is 0 Å². The van der Waals surface area contributed by atoms with E-state index in [4.69, 9.17) is 0 Å². The normalized spacial score (nSPS) is 36.9. The molecule has 1 atom stereocenters. The minimum absolute atomic E-state index is 0.614. The Morgan fingerprint density at radius 2 is 1.23 bits per heavy atom. The maximum Gasteiger partial charge on any atom is 0.309 e. The van der Waals surface area contributed by atoms with Crippen LogP contribution in [0, 0.1) is 5.41 Å². The summed E-state index contributed by atoms with van der Waals surface area (Å²) in [5.74, 6) is -8.37. The molecule has 0 radical (unpaired) electrons. The number of allylic oxidation sites excluding steroid dienone is 2. The van der Waals surface area contributed by atoms with E-state index in [0.29, 0.717) is 6.92 Å². The smallest absolute Gasteiger partial charge is 0.235 e. The molecule has 0 aliphatic heterocycles. The van der Waals surface area contributed by atoms with Crippen LogP contribution in [0.3, 0.4) is 0 Å². The van der Waals surface area contributed by atoms with Gasteiger partial charge >= 0.3 is 5.92 Å². The Kier molecular flexibility index (Phi) is 1.81. The largest absolute Gasteiger partial charge is 0.309 e. The first-order valence-corrected chi connectivity index (χ1v) is 3.69. The molecule has 0 heterocycles.